The molecule has 4 N–H and O–H groups in total. The molecule has 0 radical (unpaired) electrons. The lowest BCUT2D eigenvalue weighted by Crippen LogP contribution is -2.21. The summed E-state index contributed by atoms with van der Waals surface area (Å²) in [4.78, 5) is 10.4. The minimum atomic E-state index is 0.200. The Bertz CT molecular complexity index is 941. The first kappa shape index (κ1) is 15.7. The van der Waals surface area contributed by atoms with Crippen LogP contribution in [0.5, 0.6) is 0 Å². The monoisotopic (exact) mass is 351 g/mol. The first-order valence-corrected chi connectivity index (χ1v) is 8.49. The molecule has 126 valence electrons. The fraction of sp³-hybridized carbons (Fsp3) is 0.158. The summed E-state index contributed by atoms with van der Waals surface area (Å²) in [7, 11) is 0. The Balaban J connectivity index is 1.68. The van der Waals surface area contributed by atoms with Gasteiger partial charge in [0.1, 0.15) is 5.82 Å². The SMILES string of the molecule is Nc1ncc(CN2CCc3c(-c4cccc(Cl)c4)cccc32)c(N)n1. The molecule has 1 aliphatic heterocycles. The second kappa shape index (κ2) is 6.26. The van der Waals surface area contributed by atoms with Gasteiger partial charge in [-0.15, -0.1) is 0 Å². The molecule has 25 heavy (non-hydrogen) atoms. The van der Waals surface area contributed by atoms with Gasteiger partial charge >= 0.3 is 0 Å². The fourth-order valence-corrected chi connectivity index (χ4v) is 3.54. The molecule has 2 heterocycles. The molecule has 0 spiro atoms. The van der Waals surface area contributed by atoms with E-state index >= 15 is 0 Å². The molecule has 3 aromatic rings. The summed E-state index contributed by atoms with van der Waals surface area (Å²) in [5.74, 6) is 0.637. The topological polar surface area (TPSA) is 81.1 Å². The summed E-state index contributed by atoms with van der Waals surface area (Å²) in [5.41, 5.74) is 17.4. The summed E-state index contributed by atoms with van der Waals surface area (Å²) >= 11 is 6.16. The molecule has 1 aromatic heterocycles. The number of nitrogen functional groups attached to an aromatic ring is 2. The van der Waals surface area contributed by atoms with Gasteiger partial charge in [-0.25, -0.2) is 4.98 Å². The molecule has 5 nitrogen and oxygen atoms in total. The van der Waals surface area contributed by atoms with Gasteiger partial charge in [0.25, 0.3) is 0 Å². The number of hydrogen-bond donors (Lipinski definition) is 2. The van der Waals surface area contributed by atoms with Crippen LogP contribution in [-0.2, 0) is 13.0 Å². The maximum absolute atomic E-state index is 6.16. The number of rotatable bonds is 3. The third-order valence-electron chi connectivity index (χ3n) is 4.54. The van der Waals surface area contributed by atoms with Gasteiger partial charge in [0, 0.05) is 35.6 Å². The van der Waals surface area contributed by atoms with Crippen LogP contribution < -0.4 is 16.4 Å². The highest BCUT2D eigenvalue weighted by Gasteiger charge is 2.23. The Hall–Kier alpha value is -2.79. The van der Waals surface area contributed by atoms with Gasteiger partial charge in [-0.2, -0.15) is 4.98 Å². The number of halogens is 1. The van der Waals surface area contributed by atoms with Gasteiger partial charge in [-0.05, 0) is 41.3 Å². The van der Waals surface area contributed by atoms with E-state index in [0.717, 1.165) is 29.1 Å². The van der Waals surface area contributed by atoms with Crippen LogP contribution in [0.2, 0.25) is 5.02 Å². The minimum absolute atomic E-state index is 0.200. The van der Waals surface area contributed by atoms with E-state index in [-0.39, 0.29) is 5.95 Å². The number of anilines is 3. The van der Waals surface area contributed by atoms with E-state index in [1.54, 1.807) is 6.20 Å². The number of nitrogens with zero attached hydrogens (tertiary/aromatic N) is 3. The fourth-order valence-electron chi connectivity index (χ4n) is 3.35. The molecule has 0 aliphatic carbocycles. The summed E-state index contributed by atoms with van der Waals surface area (Å²) in [5, 5.41) is 0.747. The van der Waals surface area contributed by atoms with Crippen molar-refractivity contribution in [3.05, 3.63) is 64.8 Å². The third-order valence-corrected chi connectivity index (χ3v) is 4.77. The standard InChI is InChI=1S/C19H18ClN5/c20-14-4-1-3-12(9-14)15-5-2-6-17-16(15)7-8-25(17)11-13-10-23-19(22)24-18(13)21/h1-6,9-10H,7-8,11H2,(H4,21,22,23,24). The second-order valence-corrected chi connectivity index (χ2v) is 6.56. The molecule has 0 atom stereocenters. The van der Waals surface area contributed by atoms with Crippen LogP contribution in [-0.4, -0.2) is 16.5 Å². The quantitative estimate of drug-likeness (QED) is 0.754. The number of fused-ring (bicyclic) bond motifs is 1. The molecule has 0 fully saturated rings. The number of benzene rings is 2. The lowest BCUT2D eigenvalue weighted by molar-refractivity contribution is 0.830. The van der Waals surface area contributed by atoms with Crippen LogP contribution in [0.1, 0.15) is 11.1 Å². The maximum Gasteiger partial charge on any atom is 0.221 e. The molecule has 1 aliphatic rings. The zero-order valence-corrected chi connectivity index (χ0v) is 14.4. The largest absolute Gasteiger partial charge is 0.383 e. The number of nitrogens with two attached hydrogens (primary N) is 2. The van der Waals surface area contributed by atoms with E-state index in [1.165, 1.54) is 16.8 Å². The number of hydrogen-bond acceptors (Lipinski definition) is 5. The van der Waals surface area contributed by atoms with Crippen molar-refractivity contribution in [2.45, 2.75) is 13.0 Å². The van der Waals surface area contributed by atoms with Crippen LogP contribution >= 0.6 is 11.6 Å². The number of aromatic nitrogens is 2. The van der Waals surface area contributed by atoms with Crippen LogP contribution in [0.4, 0.5) is 17.5 Å². The van der Waals surface area contributed by atoms with E-state index in [4.69, 9.17) is 23.1 Å². The predicted octanol–water partition coefficient (Wildman–Crippen LogP) is 3.52. The van der Waals surface area contributed by atoms with E-state index in [0.29, 0.717) is 12.4 Å². The van der Waals surface area contributed by atoms with Gasteiger partial charge in [-0.1, -0.05) is 35.9 Å². The molecule has 0 saturated heterocycles. The summed E-state index contributed by atoms with van der Waals surface area (Å²) in [6, 6.07) is 14.3. The predicted molar refractivity (Wildman–Crippen MR) is 102 cm³/mol. The molecule has 2 aromatic carbocycles. The summed E-state index contributed by atoms with van der Waals surface area (Å²) in [6.07, 6.45) is 2.68. The minimum Gasteiger partial charge on any atom is -0.383 e. The highest BCUT2D eigenvalue weighted by atomic mass is 35.5. The molecule has 4 rings (SSSR count). The first-order chi connectivity index (χ1) is 12.1. The van der Waals surface area contributed by atoms with E-state index < -0.39 is 0 Å². The maximum atomic E-state index is 6.16. The second-order valence-electron chi connectivity index (χ2n) is 6.12. The summed E-state index contributed by atoms with van der Waals surface area (Å²) < 4.78 is 0. The Labute approximate surface area is 151 Å². The Kier molecular flexibility index (Phi) is 3.93. The van der Waals surface area contributed by atoms with Crippen LogP contribution in [0.25, 0.3) is 11.1 Å². The van der Waals surface area contributed by atoms with Crippen molar-refractivity contribution in [3.8, 4) is 11.1 Å². The van der Waals surface area contributed by atoms with Crippen molar-refractivity contribution in [2.75, 3.05) is 22.9 Å². The average Bonchev–Trinajstić information content (AvgIpc) is 3.00. The van der Waals surface area contributed by atoms with Crippen molar-refractivity contribution in [2.24, 2.45) is 0 Å². The van der Waals surface area contributed by atoms with Crippen molar-refractivity contribution in [1.82, 2.24) is 9.97 Å². The van der Waals surface area contributed by atoms with Crippen LogP contribution in [0, 0.1) is 0 Å². The highest BCUT2D eigenvalue weighted by Crippen LogP contribution is 2.37. The highest BCUT2D eigenvalue weighted by molar-refractivity contribution is 6.30. The Morgan fingerprint density at radius 3 is 2.76 bits per heavy atom. The van der Waals surface area contributed by atoms with Gasteiger partial charge in [0.05, 0.1) is 0 Å². The zero-order valence-electron chi connectivity index (χ0n) is 13.6. The van der Waals surface area contributed by atoms with Gasteiger partial charge < -0.3 is 16.4 Å². The normalized spacial score (nSPS) is 13.1. The summed E-state index contributed by atoms with van der Waals surface area (Å²) in [6.45, 7) is 1.59. The molecular formula is C19H18ClN5. The van der Waals surface area contributed by atoms with Crippen molar-refractivity contribution < 1.29 is 0 Å². The van der Waals surface area contributed by atoms with Crippen molar-refractivity contribution in [1.29, 1.82) is 0 Å². The van der Waals surface area contributed by atoms with Gasteiger partial charge in [0.15, 0.2) is 0 Å². The third kappa shape index (κ3) is 2.98. The molecular weight excluding hydrogens is 334 g/mol. The lowest BCUT2D eigenvalue weighted by atomic mass is 9.98. The van der Waals surface area contributed by atoms with Crippen molar-refractivity contribution >= 4 is 29.1 Å². The Morgan fingerprint density at radius 1 is 1.12 bits per heavy atom. The van der Waals surface area contributed by atoms with E-state index in [2.05, 4.69) is 39.1 Å². The molecule has 0 unspecified atom stereocenters. The molecule has 0 saturated carbocycles. The molecule has 6 heteroatoms. The average molecular weight is 352 g/mol. The lowest BCUT2D eigenvalue weighted by Gasteiger charge is -2.20. The molecule has 0 bridgehead atoms. The zero-order chi connectivity index (χ0) is 17.4. The Morgan fingerprint density at radius 2 is 1.96 bits per heavy atom. The van der Waals surface area contributed by atoms with Crippen LogP contribution in [0.3, 0.4) is 0 Å². The van der Waals surface area contributed by atoms with E-state index in [9.17, 15) is 0 Å². The first-order valence-electron chi connectivity index (χ1n) is 8.11. The van der Waals surface area contributed by atoms with E-state index in [1.807, 2.05) is 18.2 Å². The van der Waals surface area contributed by atoms with Crippen LogP contribution in [0.15, 0.2) is 48.7 Å². The van der Waals surface area contributed by atoms with Gasteiger partial charge in [0.2, 0.25) is 5.95 Å². The van der Waals surface area contributed by atoms with Gasteiger partial charge in [-0.3, -0.25) is 0 Å². The molecule has 0 amide bonds. The smallest absolute Gasteiger partial charge is 0.221 e. The van der Waals surface area contributed by atoms with Crippen molar-refractivity contribution in [3.63, 3.8) is 0 Å².